The highest BCUT2D eigenvalue weighted by Crippen LogP contribution is 2.17. The van der Waals surface area contributed by atoms with E-state index in [0.717, 1.165) is 49.5 Å². The monoisotopic (exact) mass is 402 g/mol. The van der Waals surface area contributed by atoms with Crippen molar-refractivity contribution in [3.63, 3.8) is 0 Å². The Morgan fingerprint density at radius 1 is 1.15 bits per heavy atom. The van der Waals surface area contributed by atoms with E-state index in [9.17, 15) is 4.79 Å². The minimum absolute atomic E-state index is 0. The number of rotatable bonds is 10. The Bertz CT molecular complexity index is 632. The van der Waals surface area contributed by atoms with Gasteiger partial charge in [-0.25, -0.2) is 4.98 Å². The van der Waals surface area contributed by atoms with Crippen LogP contribution in [0.1, 0.15) is 37.9 Å². The molecule has 0 saturated heterocycles. The van der Waals surface area contributed by atoms with Gasteiger partial charge in [0, 0.05) is 31.5 Å². The molecule has 0 aliphatic rings. The second kappa shape index (κ2) is 13.4. The molecule has 0 spiro atoms. The van der Waals surface area contributed by atoms with Crippen LogP contribution in [0.4, 0.5) is 5.69 Å². The topological polar surface area (TPSA) is 82.2 Å². The van der Waals surface area contributed by atoms with Crippen LogP contribution in [0.3, 0.4) is 0 Å². The second-order valence-electron chi connectivity index (χ2n) is 5.77. The largest absolute Gasteiger partial charge is 0.486 e. The predicted octanol–water partition coefficient (Wildman–Crippen LogP) is 3.69. The van der Waals surface area contributed by atoms with Gasteiger partial charge in [-0.1, -0.05) is 12.8 Å². The summed E-state index contributed by atoms with van der Waals surface area (Å²) >= 11 is 0. The van der Waals surface area contributed by atoms with Gasteiger partial charge in [0.2, 0.25) is 5.91 Å². The second-order valence-corrected chi connectivity index (χ2v) is 5.77. The Morgan fingerprint density at radius 2 is 1.85 bits per heavy atom. The molecule has 0 aliphatic heterocycles. The van der Waals surface area contributed by atoms with Gasteiger partial charge in [-0.2, -0.15) is 0 Å². The molecule has 3 N–H and O–H groups in total. The number of carbonyl (C=O) groups excluding carboxylic acids is 1. The van der Waals surface area contributed by atoms with Crippen LogP contribution in [0.15, 0.2) is 36.7 Å². The lowest BCUT2D eigenvalue weighted by atomic mass is 10.1. The van der Waals surface area contributed by atoms with Crippen molar-refractivity contribution >= 4 is 36.4 Å². The van der Waals surface area contributed by atoms with Crippen LogP contribution < -0.4 is 15.8 Å². The lowest BCUT2D eigenvalue weighted by Crippen LogP contribution is -2.11. The molecule has 2 aromatic rings. The van der Waals surface area contributed by atoms with Gasteiger partial charge in [0.1, 0.15) is 18.2 Å². The number of aryl methyl sites for hydroxylation is 1. The zero-order chi connectivity index (χ0) is 17.2. The number of hydrogen-bond donors (Lipinski definition) is 2. The van der Waals surface area contributed by atoms with Crippen molar-refractivity contribution in [2.75, 3.05) is 11.9 Å². The quantitative estimate of drug-likeness (QED) is 0.593. The zero-order valence-electron chi connectivity index (χ0n) is 15.0. The molecular formula is C18H28Cl2N4O2. The summed E-state index contributed by atoms with van der Waals surface area (Å²) in [6, 6.07) is 7.39. The van der Waals surface area contributed by atoms with E-state index in [1.807, 2.05) is 42.1 Å². The summed E-state index contributed by atoms with van der Waals surface area (Å²) in [6.07, 6.45) is 8.23. The Balaban J connectivity index is 0.00000312. The molecule has 26 heavy (non-hydrogen) atoms. The van der Waals surface area contributed by atoms with Gasteiger partial charge < -0.3 is 20.4 Å². The number of nitrogens with one attached hydrogen (secondary N) is 1. The van der Waals surface area contributed by atoms with E-state index in [1.165, 1.54) is 0 Å². The molecule has 0 fully saturated rings. The average Bonchev–Trinajstić information content (AvgIpc) is 2.99. The Hall–Kier alpha value is -1.76. The van der Waals surface area contributed by atoms with Crippen LogP contribution in [0, 0.1) is 0 Å². The molecule has 2 rings (SSSR count). The fraction of sp³-hybridized carbons (Fsp3) is 0.444. The van der Waals surface area contributed by atoms with Gasteiger partial charge in [-0.05, 0) is 43.7 Å². The van der Waals surface area contributed by atoms with Crippen LogP contribution in [0.5, 0.6) is 5.75 Å². The molecule has 0 saturated carbocycles. The number of carbonyl (C=O) groups is 1. The van der Waals surface area contributed by atoms with Crippen molar-refractivity contribution < 1.29 is 9.53 Å². The number of hydrogen-bond acceptors (Lipinski definition) is 4. The number of aromatic nitrogens is 2. The molecule has 0 atom stereocenters. The number of imidazole rings is 1. The van der Waals surface area contributed by atoms with Crippen LogP contribution in [0.2, 0.25) is 0 Å². The number of halogens is 2. The molecule has 1 aromatic carbocycles. The third kappa shape index (κ3) is 8.56. The fourth-order valence-electron chi connectivity index (χ4n) is 2.32. The average molecular weight is 403 g/mol. The van der Waals surface area contributed by atoms with Crippen molar-refractivity contribution in [1.29, 1.82) is 0 Å². The molecule has 0 bridgehead atoms. The first-order valence-electron chi connectivity index (χ1n) is 8.38. The minimum atomic E-state index is 0. The molecule has 0 unspecified atom stereocenters. The van der Waals surface area contributed by atoms with Crippen LogP contribution in [-0.4, -0.2) is 22.0 Å². The highest BCUT2D eigenvalue weighted by molar-refractivity contribution is 5.90. The number of amides is 1. The maximum Gasteiger partial charge on any atom is 0.224 e. The minimum Gasteiger partial charge on any atom is -0.486 e. The zero-order valence-corrected chi connectivity index (χ0v) is 16.7. The normalized spacial score (nSPS) is 9.77. The number of nitrogens with zero attached hydrogens (tertiary/aromatic N) is 2. The van der Waals surface area contributed by atoms with E-state index in [-0.39, 0.29) is 30.7 Å². The van der Waals surface area contributed by atoms with Gasteiger partial charge in [-0.3, -0.25) is 4.79 Å². The third-order valence-corrected chi connectivity index (χ3v) is 3.78. The first-order chi connectivity index (χ1) is 11.7. The highest BCUT2D eigenvalue weighted by atomic mass is 35.5. The third-order valence-electron chi connectivity index (χ3n) is 3.78. The molecule has 0 radical (unpaired) electrons. The fourth-order valence-corrected chi connectivity index (χ4v) is 2.32. The first kappa shape index (κ1) is 24.2. The molecular weight excluding hydrogens is 375 g/mol. The van der Waals surface area contributed by atoms with Crippen molar-refractivity contribution in [2.24, 2.45) is 12.8 Å². The predicted molar refractivity (Wildman–Crippen MR) is 109 cm³/mol. The van der Waals surface area contributed by atoms with Gasteiger partial charge in [0.05, 0.1) is 0 Å². The summed E-state index contributed by atoms with van der Waals surface area (Å²) in [7, 11) is 1.93. The summed E-state index contributed by atoms with van der Waals surface area (Å²) in [4.78, 5) is 16.1. The van der Waals surface area contributed by atoms with E-state index in [4.69, 9.17) is 10.5 Å². The standard InChI is InChI=1S/C18H26N4O2.2ClH/c1-22-13-12-20-17(22)14-24-16-9-7-15(8-10-16)21-18(23)6-4-2-3-5-11-19;;/h7-10,12-13H,2-6,11,14,19H2,1H3,(H,21,23);2*1H. The van der Waals surface area contributed by atoms with Crippen LogP contribution in [-0.2, 0) is 18.4 Å². The lowest BCUT2D eigenvalue weighted by molar-refractivity contribution is -0.116. The Labute approximate surface area is 167 Å². The molecule has 1 heterocycles. The summed E-state index contributed by atoms with van der Waals surface area (Å²) < 4.78 is 7.61. The van der Waals surface area contributed by atoms with Crippen molar-refractivity contribution in [1.82, 2.24) is 9.55 Å². The maximum absolute atomic E-state index is 11.9. The number of nitrogens with two attached hydrogens (primary N) is 1. The molecule has 146 valence electrons. The van der Waals surface area contributed by atoms with Crippen LogP contribution >= 0.6 is 24.8 Å². The van der Waals surface area contributed by atoms with Gasteiger partial charge in [0.15, 0.2) is 0 Å². The summed E-state index contributed by atoms with van der Waals surface area (Å²) in [6.45, 7) is 1.14. The van der Waals surface area contributed by atoms with Gasteiger partial charge >= 0.3 is 0 Å². The SMILES string of the molecule is Cl.Cl.Cn1ccnc1COc1ccc(NC(=O)CCCCCCN)cc1. The number of anilines is 1. The molecule has 8 heteroatoms. The number of ether oxygens (including phenoxy) is 1. The Morgan fingerprint density at radius 3 is 2.46 bits per heavy atom. The summed E-state index contributed by atoms with van der Waals surface area (Å²) in [5.74, 6) is 1.66. The van der Waals surface area contributed by atoms with E-state index in [0.29, 0.717) is 13.0 Å². The van der Waals surface area contributed by atoms with Crippen LogP contribution in [0.25, 0.3) is 0 Å². The molecule has 1 aromatic heterocycles. The maximum atomic E-state index is 11.9. The van der Waals surface area contributed by atoms with Crippen molar-refractivity contribution in [3.8, 4) is 5.75 Å². The lowest BCUT2D eigenvalue weighted by Gasteiger charge is -2.08. The van der Waals surface area contributed by atoms with E-state index >= 15 is 0 Å². The van der Waals surface area contributed by atoms with Crippen molar-refractivity contribution in [3.05, 3.63) is 42.5 Å². The van der Waals surface area contributed by atoms with Gasteiger partial charge in [-0.15, -0.1) is 24.8 Å². The van der Waals surface area contributed by atoms with Crippen molar-refractivity contribution in [2.45, 2.75) is 38.7 Å². The van der Waals surface area contributed by atoms with Gasteiger partial charge in [0.25, 0.3) is 0 Å². The smallest absolute Gasteiger partial charge is 0.224 e. The highest BCUT2D eigenvalue weighted by Gasteiger charge is 2.04. The summed E-state index contributed by atoms with van der Waals surface area (Å²) in [5.41, 5.74) is 6.23. The summed E-state index contributed by atoms with van der Waals surface area (Å²) in [5, 5.41) is 2.90. The Kier molecular flexibility index (Phi) is 12.5. The number of unbranched alkanes of at least 4 members (excludes halogenated alkanes) is 3. The molecule has 6 nitrogen and oxygen atoms in total. The van der Waals surface area contributed by atoms with E-state index < -0.39 is 0 Å². The number of benzene rings is 1. The van der Waals surface area contributed by atoms with E-state index in [1.54, 1.807) is 6.20 Å². The first-order valence-corrected chi connectivity index (χ1v) is 8.38. The molecule has 0 aliphatic carbocycles. The molecule has 1 amide bonds. The van der Waals surface area contributed by atoms with E-state index in [2.05, 4.69) is 10.3 Å².